The SMILES string of the molecule is OC[C@H](Cc1ccccc1)NC1CCCc2sc(I)cc21. The summed E-state index contributed by atoms with van der Waals surface area (Å²) in [6.45, 7) is 0.182. The van der Waals surface area contributed by atoms with Gasteiger partial charge in [-0.25, -0.2) is 0 Å². The Bertz CT molecular complexity index is 584. The standard InChI is InChI=1S/C17H20INOS/c18-17-10-14-15(7-4-8-16(14)21-17)19-13(11-20)9-12-5-2-1-3-6-12/h1-3,5-6,10,13,15,19-20H,4,7-9,11H2/t13-,15?/m0/s1. The quantitative estimate of drug-likeness (QED) is 0.729. The third kappa shape index (κ3) is 3.86. The lowest BCUT2D eigenvalue weighted by atomic mass is 9.93. The lowest BCUT2D eigenvalue weighted by Gasteiger charge is -2.28. The summed E-state index contributed by atoms with van der Waals surface area (Å²) < 4.78 is 1.37. The van der Waals surface area contributed by atoms with Crippen LogP contribution in [0.2, 0.25) is 0 Å². The van der Waals surface area contributed by atoms with Gasteiger partial charge in [-0.3, -0.25) is 0 Å². The molecule has 0 bridgehead atoms. The predicted molar refractivity (Wildman–Crippen MR) is 96.9 cm³/mol. The van der Waals surface area contributed by atoms with Gasteiger partial charge in [0.05, 0.1) is 9.49 Å². The van der Waals surface area contributed by atoms with Crippen molar-refractivity contribution < 1.29 is 5.11 Å². The van der Waals surface area contributed by atoms with Gasteiger partial charge >= 0.3 is 0 Å². The lowest BCUT2D eigenvalue weighted by Crippen LogP contribution is -2.38. The Labute approximate surface area is 143 Å². The highest BCUT2D eigenvalue weighted by molar-refractivity contribution is 14.1. The fraction of sp³-hybridized carbons (Fsp3) is 0.412. The van der Waals surface area contributed by atoms with Crippen molar-refractivity contribution in [2.75, 3.05) is 6.61 Å². The van der Waals surface area contributed by atoms with E-state index in [0.717, 1.165) is 6.42 Å². The largest absolute Gasteiger partial charge is 0.395 e. The second-order valence-corrected chi connectivity index (χ2v) is 8.64. The van der Waals surface area contributed by atoms with E-state index in [1.807, 2.05) is 17.4 Å². The van der Waals surface area contributed by atoms with Crippen LogP contribution < -0.4 is 5.32 Å². The van der Waals surface area contributed by atoms with Gasteiger partial charge in [0.2, 0.25) is 0 Å². The van der Waals surface area contributed by atoms with Crippen molar-refractivity contribution in [3.05, 3.63) is 55.3 Å². The number of thiophene rings is 1. The first-order chi connectivity index (χ1) is 10.3. The van der Waals surface area contributed by atoms with Gasteiger partial charge in [0.25, 0.3) is 0 Å². The van der Waals surface area contributed by atoms with Gasteiger partial charge in [-0.15, -0.1) is 11.3 Å². The highest BCUT2D eigenvalue weighted by Crippen LogP contribution is 2.36. The van der Waals surface area contributed by atoms with Crippen LogP contribution in [0.1, 0.15) is 34.9 Å². The van der Waals surface area contributed by atoms with Crippen LogP contribution >= 0.6 is 33.9 Å². The van der Waals surface area contributed by atoms with Gasteiger partial charge in [-0.2, -0.15) is 0 Å². The first-order valence-electron chi connectivity index (χ1n) is 7.45. The van der Waals surface area contributed by atoms with E-state index in [9.17, 15) is 5.11 Å². The van der Waals surface area contributed by atoms with Crippen LogP contribution in [0.25, 0.3) is 0 Å². The summed E-state index contributed by atoms with van der Waals surface area (Å²) in [5.41, 5.74) is 2.74. The second-order valence-electron chi connectivity index (χ2n) is 5.61. The van der Waals surface area contributed by atoms with E-state index in [1.54, 1.807) is 0 Å². The van der Waals surface area contributed by atoms with E-state index in [2.05, 4.69) is 58.2 Å². The van der Waals surface area contributed by atoms with Gasteiger partial charge in [0.15, 0.2) is 0 Å². The molecule has 0 fully saturated rings. The maximum absolute atomic E-state index is 9.71. The topological polar surface area (TPSA) is 32.3 Å². The molecule has 0 amide bonds. The lowest BCUT2D eigenvalue weighted by molar-refractivity contribution is 0.226. The van der Waals surface area contributed by atoms with Crippen molar-refractivity contribution >= 4 is 33.9 Å². The van der Waals surface area contributed by atoms with Crippen molar-refractivity contribution in [3.8, 4) is 0 Å². The van der Waals surface area contributed by atoms with Crippen molar-refractivity contribution in [1.82, 2.24) is 5.32 Å². The van der Waals surface area contributed by atoms with E-state index in [1.165, 1.54) is 38.2 Å². The first-order valence-corrected chi connectivity index (χ1v) is 9.34. The number of aliphatic hydroxyl groups excluding tert-OH is 1. The number of aliphatic hydroxyl groups is 1. The Hall–Kier alpha value is -0.430. The molecule has 4 heteroatoms. The van der Waals surface area contributed by atoms with E-state index >= 15 is 0 Å². The molecule has 0 spiro atoms. The molecule has 2 aromatic rings. The minimum atomic E-state index is 0.126. The van der Waals surface area contributed by atoms with E-state index in [-0.39, 0.29) is 12.6 Å². The Morgan fingerprint density at radius 2 is 2.14 bits per heavy atom. The van der Waals surface area contributed by atoms with Crippen LogP contribution in [-0.2, 0) is 12.8 Å². The Kier molecular flexibility index (Phi) is 5.32. The smallest absolute Gasteiger partial charge is 0.0659 e. The van der Waals surface area contributed by atoms with Crippen LogP contribution in [0.5, 0.6) is 0 Å². The maximum Gasteiger partial charge on any atom is 0.0659 e. The van der Waals surface area contributed by atoms with E-state index in [0.29, 0.717) is 6.04 Å². The molecule has 1 heterocycles. The van der Waals surface area contributed by atoms with Crippen molar-refractivity contribution in [2.45, 2.75) is 37.8 Å². The summed E-state index contributed by atoms with van der Waals surface area (Å²) >= 11 is 4.33. The molecule has 1 aromatic heterocycles. The highest BCUT2D eigenvalue weighted by Gasteiger charge is 2.24. The number of aryl methyl sites for hydroxylation is 1. The normalized spacial score (nSPS) is 19.2. The number of fused-ring (bicyclic) bond motifs is 1. The van der Waals surface area contributed by atoms with Gasteiger partial charge in [0, 0.05) is 17.0 Å². The molecule has 1 aromatic carbocycles. The molecular formula is C17H20INOS. The number of hydrogen-bond acceptors (Lipinski definition) is 3. The molecule has 2 nitrogen and oxygen atoms in total. The number of rotatable bonds is 5. The number of hydrogen-bond donors (Lipinski definition) is 2. The molecule has 2 atom stereocenters. The highest BCUT2D eigenvalue weighted by atomic mass is 127. The molecule has 0 radical (unpaired) electrons. The first kappa shape index (κ1) is 15.5. The fourth-order valence-corrected chi connectivity index (χ4v) is 5.17. The number of halogens is 1. The number of benzene rings is 1. The molecule has 2 N–H and O–H groups in total. The van der Waals surface area contributed by atoms with Crippen LogP contribution in [0.15, 0.2) is 36.4 Å². The Morgan fingerprint density at radius 3 is 2.90 bits per heavy atom. The van der Waals surface area contributed by atoms with Crippen molar-refractivity contribution in [2.24, 2.45) is 0 Å². The second kappa shape index (κ2) is 7.22. The Balaban J connectivity index is 1.70. The molecule has 1 unspecified atom stereocenters. The average molecular weight is 413 g/mol. The van der Waals surface area contributed by atoms with Crippen LogP contribution in [-0.4, -0.2) is 17.8 Å². The molecule has 3 rings (SSSR count). The van der Waals surface area contributed by atoms with Gasteiger partial charge in [-0.1, -0.05) is 30.3 Å². The minimum Gasteiger partial charge on any atom is -0.395 e. The molecule has 1 aliphatic carbocycles. The summed E-state index contributed by atoms with van der Waals surface area (Å²) in [4.78, 5) is 1.53. The Morgan fingerprint density at radius 1 is 1.33 bits per heavy atom. The van der Waals surface area contributed by atoms with Crippen LogP contribution in [0, 0.1) is 2.88 Å². The van der Waals surface area contributed by atoms with Crippen molar-refractivity contribution in [1.29, 1.82) is 0 Å². The third-order valence-electron chi connectivity index (χ3n) is 4.07. The molecular weight excluding hydrogens is 393 g/mol. The summed E-state index contributed by atoms with van der Waals surface area (Å²) in [6.07, 6.45) is 4.50. The van der Waals surface area contributed by atoms with Crippen LogP contribution in [0.3, 0.4) is 0 Å². The summed E-state index contributed by atoms with van der Waals surface area (Å²) in [7, 11) is 0. The number of nitrogens with one attached hydrogen (secondary N) is 1. The van der Waals surface area contributed by atoms with Gasteiger partial charge in [-0.05, 0) is 65.5 Å². The zero-order valence-corrected chi connectivity index (χ0v) is 14.9. The molecule has 21 heavy (non-hydrogen) atoms. The van der Waals surface area contributed by atoms with Crippen LogP contribution in [0.4, 0.5) is 0 Å². The minimum absolute atomic E-state index is 0.126. The summed E-state index contributed by atoms with van der Waals surface area (Å²) in [6, 6.07) is 13.2. The molecule has 0 aliphatic heterocycles. The molecule has 0 saturated carbocycles. The molecule has 112 valence electrons. The summed E-state index contributed by atoms with van der Waals surface area (Å²) in [5, 5.41) is 13.4. The zero-order chi connectivity index (χ0) is 14.7. The average Bonchev–Trinajstić information content (AvgIpc) is 2.89. The maximum atomic E-state index is 9.71. The monoisotopic (exact) mass is 413 g/mol. The zero-order valence-electron chi connectivity index (χ0n) is 11.9. The molecule has 1 aliphatic rings. The van der Waals surface area contributed by atoms with Gasteiger partial charge < -0.3 is 10.4 Å². The molecule has 0 saturated heterocycles. The fourth-order valence-electron chi connectivity index (χ4n) is 3.05. The van der Waals surface area contributed by atoms with Gasteiger partial charge in [0.1, 0.15) is 0 Å². The summed E-state index contributed by atoms with van der Waals surface area (Å²) in [5.74, 6) is 0. The van der Waals surface area contributed by atoms with E-state index in [4.69, 9.17) is 0 Å². The van der Waals surface area contributed by atoms with E-state index < -0.39 is 0 Å². The third-order valence-corrected chi connectivity index (χ3v) is 6.04. The predicted octanol–water partition coefficient (Wildman–Crippen LogP) is 3.92. The van der Waals surface area contributed by atoms with Crippen molar-refractivity contribution in [3.63, 3.8) is 0 Å².